The molecule has 8 heteroatoms. The number of carbonyl (C=O) groups excluding carboxylic acids is 1. The molecule has 0 unspecified atom stereocenters. The van der Waals surface area contributed by atoms with Crippen molar-refractivity contribution in [2.24, 2.45) is 0 Å². The SMILES string of the molecule is O=C(CN1CCOCCOCCOCCOCCOCC1)Nc1ccc2c3cccc4cccc(c5cccc1c52)c43. The van der Waals surface area contributed by atoms with Crippen LogP contribution in [-0.4, -0.2) is 96.5 Å². The zero-order valence-electron chi connectivity index (χ0n) is 23.9. The number of fused-ring (bicyclic) bond motifs is 2. The number of carbonyl (C=O) groups is 1. The minimum Gasteiger partial charge on any atom is -0.378 e. The van der Waals surface area contributed by atoms with Gasteiger partial charge in [0.05, 0.1) is 72.6 Å². The van der Waals surface area contributed by atoms with Gasteiger partial charge in [-0.3, -0.25) is 9.69 Å². The number of nitrogens with one attached hydrogen (secondary N) is 1. The van der Waals surface area contributed by atoms with Gasteiger partial charge in [-0.05, 0) is 43.8 Å². The lowest BCUT2D eigenvalue weighted by Crippen LogP contribution is -2.38. The molecular formula is C34H38N2O6. The van der Waals surface area contributed by atoms with Crippen LogP contribution in [0.4, 0.5) is 5.69 Å². The van der Waals surface area contributed by atoms with Gasteiger partial charge in [-0.2, -0.15) is 0 Å². The number of amides is 1. The van der Waals surface area contributed by atoms with Gasteiger partial charge in [-0.25, -0.2) is 0 Å². The smallest absolute Gasteiger partial charge is 0.238 e. The van der Waals surface area contributed by atoms with Crippen LogP contribution in [-0.2, 0) is 28.5 Å². The van der Waals surface area contributed by atoms with Gasteiger partial charge in [-0.15, -0.1) is 0 Å². The van der Waals surface area contributed by atoms with Crippen LogP contribution in [0.3, 0.4) is 0 Å². The van der Waals surface area contributed by atoms with Gasteiger partial charge in [0.1, 0.15) is 0 Å². The van der Waals surface area contributed by atoms with Gasteiger partial charge in [0.25, 0.3) is 0 Å². The minimum absolute atomic E-state index is 0.0668. The summed E-state index contributed by atoms with van der Waals surface area (Å²) in [7, 11) is 0. The zero-order valence-corrected chi connectivity index (χ0v) is 23.9. The summed E-state index contributed by atoms with van der Waals surface area (Å²) in [6.45, 7) is 6.59. The predicted octanol–water partition coefficient (Wildman–Crippen LogP) is 5.07. The standard InChI is InChI=1S/C34H38N2O6/c37-32(24-36-12-14-38-16-18-40-20-22-42-23-21-41-19-17-39-15-13-36)35-31-11-10-29-27-7-2-5-25-4-1-6-26(33(25)27)28-8-3-9-30(31)34(28)29/h1-11H,12-24H2,(H,35,37). The van der Waals surface area contributed by atoms with E-state index in [1.165, 1.54) is 37.7 Å². The Labute approximate surface area is 245 Å². The molecule has 1 saturated heterocycles. The number of rotatable bonds is 3. The number of hydrogen-bond acceptors (Lipinski definition) is 7. The fourth-order valence-electron chi connectivity index (χ4n) is 5.79. The molecule has 0 radical (unpaired) electrons. The first-order chi connectivity index (χ1) is 20.8. The topological polar surface area (TPSA) is 78.5 Å². The highest BCUT2D eigenvalue weighted by atomic mass is 16.6. The summed E-state index contributed by atoms with van der Waals surface area (Å²) in [5, 5.41) is 12.8. The summed E-state index contributed by atoms with van der Waals surface area (Å²) in [5.74, 6) is -0.0668. The van der Waals surface area contributed by atoms with Crippen molar-refractivity contribution in [2.75, 3.05) is 91.0 Å². The first kappa shape index (κ1) is 28.7. The van der Waals surface area contributed by atoms with Crippen LogP contribution in [0.1, 0.15) is 0 Å². The molecule has 1 fully saturated rings. The molecule has 8 nitrogen and oxygen atoms in total. The van der Waals surface area contributed by atoms with Crippen LogP contribution >= 0.6 is 0 Å². The average Bonchev–Trinajstić information content (AvgIpc) is 3.01. The lowest BCUT2D eigenvalue weighted by molar-refractivity contribution is -0.117. The Kier molecular flexibility index (Phi) is 9.72. The van der Waals surface area contributed by atoms with E-state index < -0.39 is 0 Å². The number of ether oxygens (including phenoxy) is 5. The molecule has 0 spiro atoms. The van der Waals surface area contributed by atoms with Crippen molar-refractivity contribution in [3.05, 3.63) is 66.7 Å². The van der Waals surface area contributed by atoms with Crippen molar-refractivity contribution in [2.45, 2.75) is 0 Å². The summed E-state index contributed by atoms with van der Waals surface area (Å²) in [5.41, 5.74) is 0.819. The van der Waals surface area contributed by atoms with E-state index in [1.807, 2.05) is 6.07 Å². The number of anilines is 1. The summed E-state index contributed by atoms with van der Waals surface area (Å²) in [6, 6.07) is 23.5. The van der Waals surface area contributed by atoms with Crippen molar-refractivity contribution >= 4 is 54.7 Å². The van der Waals surface area contributed by atoms with Gasteiger partial charge in [0.2, 0.25) is 5.91 Å². The summed E-state index contributed by atoms with van der Waals surface area (Å²) >= 11 is 0. The van der Waals surface area contributed by atoms with Crippen molar-refractivity contribution in [1.82, 2.24) is 4.90 Å². The molecule has 1 amide bonds. The van der Waals surface area contributed by atoms with Gasteiger partial charge in [0, 0.05) is 24.2 Å². The molecular weight excluding hydrogens is 532 g/mol. The normalized spacial score (nSPS) is 17.9. The third kappa shape index (κ3) is 6.65. The summed E-state index contributed by atoms with van der Waals surface area (Å²) < 4.78 is 28.1. The van der Waals surface area contributed by atoms with E-state index in [4.69, 9.17) is 23.7 Å². The zero-order chi connectivity index (χ0) is 28.6. The minimum atomic E-state index is -0.0668. The van der Waals surface area contributed by atoms with E-state index in [1.54, 1.807) is 0 Å². The molecule has 0 atom stereocenters. The Bertz CT molecular complexity index is 1550. The third-order valence-corrected chi connectivity index (χ3v) is 7.76. The highest BCUT2D eigenvalue weighted by molar-refractivity contribution is 6.34. The number of hydrogen-bond donors (Lipinski definition) is 1. The Hall–Kier alpha value is -3.37. The predicted molar refractivity (Wildman–Crippen MR) is 167 cm³/mol. The van der Waals surface area contributed by atoms with Crippen LogP contribution in [0, 0.1) is 0 Å². The van der Waals surface area contributed by atoms with Crippen LogP contribution < -0.4 is 5.32 Å². The Balaban J connectivity index is 1.17. The van der Waals surface area contributed by atoms with Gasteiger partial charge in [0.15, 0.2) is 0 Å². The van der Waals surface area contributed by atoms with Crippen LogP contribution in [0.15, 0.2) is 66.7 Å². The largest absolute Gasteiger partial charge is 0.378 e. The lowest BCUT2D eigenvalue weighted by Gasteiger charge is -2.22. The third-order valence-electron chi connectivity index (χ3n) is 7.76. The lowest BCUT2D eigenvalue weighted by atomic mass is 9.89. The maximum absolute atomic E-state index is 13.4. The molecule has 220 valence electrons. The maximum Gasteiger partial charge on any atom is 0.238 e. The first-order valence-corrected chi connectivity index (χ1v) is 14.8. The van der Waals surface area contributed by atoms with Gasteiger partial charge >= 0.3 is 0 Å². The van der Waals surface area contributed by atoms with Crippen molar-refractivity contribution in [3.8, 4) is 0 Å². The summed E-state index contributed by atoms with van der Waals surface area (Å²) in [6.07, 6.45) is 0. The first-order valence-electron chi connectivity index (χ1n) is 14.8. The van der Waals surface area contributed by atoms with E-state index in [0.717, 1.165) is 11.1 Å². The second-order valence-electron chi connectivity index (χ2n) is 10.5. The Morgan fingerprint density at radius 1 is 0.548 bits per heavy atom. The van der Waals surface area contributed by atoms with Crippen molar-refractivity contribution in [1.29, 1.82) is 0 Å². The molecule has 0 aromatic heterocycles. The number of nitrogens with zero attached hydrogens (tertiary/aromatic N) is 1. The molecule has 5 aromatic rings. The van der Waals surface area contributed by atoms with E-state index in [0.29, 0.717) is 79.2 Å². The molecule has 6 rings (SSSR count). The number of benzene rings is 5. The van der Waals surface area contributed by atoms with Crippen molar-refractivity contribution in [3.63, 3.8) is 0 Å². The molecule has 0 bridgehead atoms. The van der Waals surface area contributed by atoms with Crippen LogP contribution in [0.25, 0.3) is 43.1 Å². The van der Waals surface area contributed by atoms with Gasteiger partial charge in [-0.1, -0.05) is 60.7 Å². The molecule has 1 aliphatic rings. The highest BCUT2D eigenvalue weighted by Crippen LogP contribution is 2.41. The highest BCUT2D eigenvalue weighted by Gasteiger charge is 2.17. The van der Waals surface area contributed by atoms with E-state index >= 15 is 0 Å². The fourth-order valence-corrected chi connectivity index (χ4v) is 5.79. The molecule has 42 heavy (non-hydrogen) atoms. The summed E-state index contributed by atoms with van der Waals surface area (Å²) in [4.78, 5) is 15.4. The molecule has 1 N–H and O–H groups in total. The van der Waals surface area contributed by atoms with E-state index in [2.05, 4.69) is 70.9 Å². The van der Waals surface area contributed by atoms with Gasteiger partial charge < -0.3 is 29.0 Å². The van der Waals surface area contributed by atoms with Crippen LogP contribution in [0.5, 0.6) is 0 Å². The average molecular weight is 571 g/mol. The Morgan fingerprint density at radius 3 is 1.57 bits per heavy atom. The second-order valence-corrected chi connectivity index (χ2v) is 10.5. The fraction of sp³-hybridized carbons (Fsp3) is 0.382. The maximum atomic E-state index is 13.4. The molecule has 1 aliphatic heterocycles. The molecule has 5 aromatic carbocycles. The monoisotopic (exact) mass is 570 g/mol. The molecule has 0 saturated carbocycles. The molecule has 1 heterocycles. The second kappa shape index (κ2) is 14.2. The van der Waals surface area contributed by atoms with E-state index in [-0.39, 0.29) is 12.5 Å². The van der Waals surface area contributed by atoms with Crippen LogP contribution in [0.2, 0.25) is 0 Å². The van der Waals surface area contributed by atoms with Crippen molar-refractivity contribution < 1.29 is 28.5 Å². The van der Waals surface area contributed by atoms with E-state index in [9.17, 15) is 4.79 Å². The molecule has 0 aliphatic carbocycles. The quantitative estimate of drug-likeness (QED) is 0.240. The Morgan fingerprint density at radius 2 is 1.00 bits per heavy atom.